The van der Waals surface area contributed by atoms with Gasteiger partial charge in [-0.05, 0) is 48.2 Å². The first-order chi connectivity index (χ1) is 15.2. The number of hydrogen-bond donors (Lipinski definition) is 1. The van der Waals surface area contributed by atoms with Gasteiger partial charge in [0, 0.05) is 6.54 Å². The first kappa shape index (κ1) is 24.0. The number of carbonyl (C=O) groups is 1. The topological polar surface area (TPSA) is 49.8 Å². The molecule has 1 saturated heterocycles. The molecule has 1 heterocycles. The van der Waals surface area contributed by atoms with Gasteiger partial charge in [0.05, 0.1) is 0 Å². The number of nitrogens with zero attached hydrogens (tertiary/aromatic N) is 1. The number of hydrogen-bond acceptors (Lipinski definition) is 4. The Hall–Kier alpha value is -2.66. The smallest absolute Gasteiger partial charge is 0.347 e. The van der Waals surface area contributed by atoms with Crippen molar-refractivity contribution in [3.05, 3.63) is 96.1 Å². The van der Waals surface area contributed by atoms with Crippen molar-refractivity contribution in [1.82, 2.24) is 4.90 Å². The second-order valence-corrected chi connectivity index (χ2v) is 8.06. The molecule has 1 fully saturated rings. The van der Waals surface area contributed by atoms with Gasteiger partial charge in [-0.15, -0.1) is 12.4 Å². The van der Waals surface area contributed by atoms with E-state index in [-0.39, 0.29) is 19.0 Å². The summed E-state index contributed by atoms with van der Waals surface area (Å²) in [6.07, 6.45) is 3.65. The highest BCUT2D eigenvalue weighted by Gasteiger charge is 2.41. The van der Waals surface area contributed by atoms with E-state index in [1.165, 1.54) is 19.3 Å². The van der Waals surface area contributed by atoms with E-state index in [4.69, 9.17) is 4.74 Å². The van der Waals surface area contributed by atoms with Crippen LogP contribution in [0.2, 0.25) is 0 Å². The number of halogens is 1. The fourth-order valence-corrected chi connectivity index (χ4v) is 4.17. The van der Waals surface area contributed by atoms with Crippen LogP contribution < -0.4 is 0 Å². The second kappa shape index (κ2) is 11.3. The minimum atomic E-state index is -1.85. The third-order valence-electron chi connectivity index (χ3n) is 5.99. The molecule has 0 amide bonds. The number of benzene rings is 3. The van der Waals surface area contributed by atoms with Crippen molar-refractivity contribution in [2.75, 3.05) is 26.2 Å². The summed E-state index contributed by atoms with van der Waals surface area (Å²) in [4.78, 5) is 15.5. The maximum absolute atomic E-state index is 13.2. The molecule has 5 heteroatoms. The highest BCUT2D eigenvalue weighted by molar-refractivity contribution is 5.86. The van der Waals surface area contributed by atoms with Crippen molar-refractivity contribution >= 4 is 18.4 Å². The normalized spacial score (nSPS) is 15.9. The molecule has 168 valence electrons. The fourth-order valence-electron chi connectivity index (χ4n) is 4.17. The molecule has 1 aliphatic rings. The molecule has 32 heavy (non-hydrogen) atoms. The van der Waals surface area contributed by atoms with Crippen LogP contribution in [0.3, 0.4) is 0 Å². The molecule has 3 aromatic carbocycles. The molecular weight excluding hydrogens is 422 g/mol. The van der Waals surface area contributed by atoms with E-state index in [1.807, 2.05) is 60.7 Å². The number of esters is 1. The van der Waals surface area contributed by atoms with Crippen LogP contribution in [0.15, 0.2) is 84.9 Å². The van der Waals surface area contributed by atoms with Crippen LogP contribution in [0, 0.1) is 0 Å². The second-order valence-electron chi connectivity index (χ2n) is 8.06. The molecule has 4 rings (SSSR count). The maximum atomic E-state index is 13.2. The number of piperidine rings is 1. The third kappa shape index (κ3) is 5.39. The first-order valence-electron chi connectivity index (χ1n) is 11.0. The molecular formula is C27H30ClNO3. The van der Waals surface area contributed by atoms with Crippen LogP contribution in [0.25, 0.3) is 11.1 Å². The van der Waals surface area contributed by atoms with Crippen molar-refractivity contribution in [3.8, 4) is 11.1 Å². The van der Waals surface area contributed by atoms with E-state index >= 15 is 0 Å². The van der Waals surface area contributed by atoms with Gasteiger partial charge in [-0.2, -0.15) is 0 Å². The fraction of sp³-hybridized carbons (Fsp3) is 0.296. The van der Waals surface area contributed by atoms with E-state index in [2.05, 4.69) is 4.90 Å². The van der Waals surface area contributed by atoms with Crippen LogP contribution in [0.1, 0.15) is 30.4 Å². The Kier molecular flexibility index (Phi) is 8.46. The largest absolute Gasteiger partial charge is 0.462 e. The van der Waals surface area contributed by atoms with Crippen molar-refractivity contribution in [3.63, 3.8) is 0 Å². The molecule has 0 radical (unpaired) electrons. The number of aliphatic hydroxyl groups is 1. The van der Waals surface area contributed by atoms with Crippen molar-refractivity contribution in [1.29, 1.82) is 0 Å². The highest BCUT2D eigenvalue weighted by Crippen LogP contribution is 2.32. The van der Waals surface area contributed by atoms with Gasteiger partial charge in [0.15, 0.2) is 0 Å². The molecule has 4 nitrogen and oxygen atoms in total. The highest BCUT2D eigenvalue weighted by atomic mass is 35.5. The summed E-state index contributed by atoms with van der Waals surface area (Å²) in [6.45, 7) is 3.06. The summed E-state index contributed by atoms with van der Waals surface area (Å²) >= 11 is 0. The average Bonchev–Trinajstić information content (AvgIpc) is 2.85. The predicted molar refractivity (Wildman–Crippen MR) is 130 cm³/mol. The van der Waals surface area contributed by atoms with Crippen molar-refractivity contribution in [2.24, 2.45) is 0 Å². The standard InChI is InChI=1S/C27H29NO3.ClH/c29-26(31-21-20-28-18-8-3-9-19-28)27(30,24-12-6-2-7-13-24)25-16-14-23(15-17-25)22-10-4-1-5-11-22;/h1-2,4-7,10-17,30H,3,8-9,18-21H2;1H. The molecule has 1 unspecified atom stereocenters. The summed E-state index contributed by atoms with van der Waals surface area (Å²) in [5.74, 6) is -0.636. The summed E-state index contributed by atoms with van der Waals surface area (Å²) in [6, 6.07) is 26.5. The van der Waals surface area contributed by atoms with Crippen molar-refractivity contribution in [2.45, 2.75) is 24.9 Å². The number of carbonyl (C=O) groups excluding carboxylic acids is 1. The van der Waals surface area contributed by atoms with E-state index in [0.717, 1.165) is 24.2 Å². The van der Waals surface area contributed by atoms with Crippen molar-refractivity contribution < 1.29 is 14.6 Å². The monoisotopic (exact) mass is 451 g/mol. The van der Waals surface area contributed by atoms with Gasteiger partial charge in [0.1, 0.15) is 6.61 Å². The zero-order chi connectivity index (χ0) is 21.5. The zero-order valence-corrected chi connectivity index (χ0v) is 19.0. The summed E-state index contributed by atoms with van der Waals surface area (Å²) in [5.41, 5.74) is 1.27. The molecule has 0 bridgehead atoms. The van der Waals surface area contributed by atoms with Crippen LogP contribution in [-0.4, -0.2) is 42.2 Å². The average molecular weight is 452 g/mol. The maximum Gasteiger partial charge on any atom is 0.347 e. The Morgan fingerprint density at radius 3 is 1.94 bits per heavy atom. The van der Waals surface area contributed by atoms with Gasteiger partial charge >= 0.3 is 5.97 Å². The molecule has 0 aliphatic carbocycles. The van der Waals surface area contributed by atoms with E-state index in [9.17, 15) is 9.90 Å². The molecule has 1 atom stereocenters. The summed E-state index contributed by atoms with van der Waals surface area (Å²) in [7, 11) is 0. The lowest BCUT2D eigenvalue weighted by atomic mass is 9.85. The van der Waals surface area contributed by atoms with Gasteiger partial charge in [-0.3, -0.25) is 4.90 Å². The van der Waals surface area contributed by atoms with Crippen LogP contribution in [0.4, 0.5) is 0 Å². The molecule has 0 spiro atoms. The molecule has 1 N–H and O–H groups in total. The minimum Gasteiger partial charge on any atom is -0.462 e. The SMILES string of the molecule is Cl.O=C(OCCN1CCCCC1)C(O)(c1ccccc1)c1ccc(-c2ccccc2)cc1. The predicted octanol–water partition coefficient (Wildman–Crippen LogP) is 5.04. The van der Waals surface area contributed by atoms with E-state index < -0.39 is 11.6 Å². The van der Waals surface area contributed by atoms with E-state index in [1.54, 1.807) is 24.3 Å². The van der Waals surface area contributed by atoms with Crippen LogP contribution in [-0.2, 0) is 15.1 Å². The number of rotatable bonds is 7. The first-order valence-corrected chi connectivity index (χ1v) is 11.0. The lowest BCUT2D eigenvalue weighted by Crippen LogP contribution is -2.40. The van der Waals surface area contributed by atoms with Crippen LogP contribution >= 0.6 is 12.4 Å². The Morgan fingerprint density at radius 1 is 0.781 bits per heavy atom. The molecule has 1 aliphatic heterocycles. The minimum absolute atomic E-state index is 0. The zero-order valence-electron chi connectivity index (χ0n) is 18.2. The molecule has 0 aromatic heterocycles. The lowest BCUT2D eigenvalue weighted by molar-refractivity contribution is -0.162. The van der Waals surface area contributed by atoms with Crippen LogP contribution in [0.5, 0.6) is 0 Å². The van der Waals surface area contributed by atoms with Gasteiger partial charge in [-0.1, -0.05) is 91.3 Å². The quantitative estimate of drug-likeness (QED) is 0.511. The Labute approximate surface area is 196 Å². The Bertz CT molecular complexity index is 973. The van der Waals surface area contributed by atoms with Gasteiger partial charge in [0.2, 0.25) is 5.60 Å². The Morgan fingerprint density at radius 2 is 1.31 bits per heavy atom. The van der Waals surface area contributed by atoms with E-state index in [0.29, 0.717) is 17.7 Å². The summed E-state index contributed by atoms with van der Waals surface area (Å²) < 4.78 is 5.60. The lowest BCUT2D eigenvalue weighted by Gasteiger charge is -2.29. The van der Waals surface area contributed by atoms with Gasteiger partial charge in [-0.25, -0.2) is 4.79 Å². The van der Waals surface area contributed by atoms with Gasteiger partial charge < -0.3 is 9.84 Å². The third-order valence-corrected chi connectivity index (χ3v) is 5.99. The molecule has 0 saturated carbocycles. The summed E-state index contributed by atoms with van der Waals surface area (Å²) in [5, 5.41) is 11.6. The Balaban J connectivity index is 0.00000289. The number of likely N-dealkylation sites (tertiary alicyclic amines) is 1. The number of ether oxygens (including phenoxy) is 1. The molecule has 3 aromatic rings. The van der Waals surface area contributed by atoms with Gasteiger partial charge in [0.25, 0.3) is 0 Å².